The van der Waals surface area contributed by atoms with Gasteiger partial charge in [-0.25, -0.2) is 17.8 Å². The zero-order valence-electron chi connectivity index (χ0n) is 17.7. The molecule has 0 aliphatic carbocycles. The molecule has 0 spiro atoms. The lowest BCUT2D eigenvalue weighted by atomic mass is 10.2. The number of sulfone groups is 1. The van der Waals surface area contributed by atoms with E-state index in [0.29, 0.717) is 37.5 Å². The summed E-state index contributed by atoms with van der Waals surface area (Å²) in [6.45, 7) is 2.70. The van der Waals surface area contributed by atoms with Crippen LogP contribution in [0.2, 0.25) is 0 Å². The van der Waals surface area contributed by atoms with E-state index in [-0.39, 0.29) is 11.7 Å². The number of amides is 1. The van der Waals surface area contributed by atoms with Crippen molar-refractivity contribution in [1.82, 2.24) is 9.88 Å². The summed E-state index contributed by atoms with van der Waals surface area (Å²) >= 11 is 3.11. The Morgan fingerprint density at radius 2 is 1.84 bits per heavy atom. The molecule has 2 aromatic carbocycles. The number of fused-ring (bicyclic) bond motifs is 1. The lowest BCUT2D eigenvalue weighted by Crippen LogP contribution is -2.48. The third-order valence-corrected chi connectivity index (χ3v) is 8.58. The van der Waals surface area contributed by atoms with Crippen LogP contribution >= 0.6 is 23.1 Å². The molecule has 1 aliphatic rings. The van der Waals surface area contributed by atoms with Crippen molar-refractivity contribution in [3.63, 3.8) is 0 Å². The van der Waals surface area contributed by atoms with Crippen molar-refractivity contribution in [2.24, 2.45) is 0 Å². The standard InChI is InChI=1S/C22H24FN3O3S3/c1-32(28,29)18-8-9-19-20(15-18)31-22(24-19)26-12-10-25(11-13-26)21(27)3-2-14-30-17-6-4-16(23)5-7-17/h4-9,15H,2-3,10-14H2,1H3. The van der Waals surface area contributed by atoms with Gasteiger partial charge in [0, 0.05) is 43.8 Å². The van der Waals surface area contributed by atoms with Crippen molar-refractivity contribution in [3.8, 4) is 0 Å². The summed E-state index contributed by atoms with van der Waals surface area (Å²) in [7, 11) is -3.25. The predicted octanol–water partition coefficient (Wildman–Crippen LogP) is 4.06. The summed E-state index contributed by atoms with van der Waals surface area (Å²) in [6, 6.07) is 11.4. The minimum atomic E-state index is -3.25. The monoisotopic (exact) mass is 493 g/mol. The third-order valence-electron chi connectivity index (χ3n) is 5.30. The zero-order chi connectivity index (χ0) is 22.7. The molecule has 6 nitrogen and oxygen atoms in total. The second-order valence-electron chi connectivity index (χ2n) is 7.67. The molecule has 0 bridgehead atoms. The summed E-state index contributed by atoms with van der Waals surface area (Å²) in [6.07, 6.45) is 2.49. The Hall–Kier alpha value is -2.17. The molecule has 0 saturated carbocycles. The van der Waals surface area contributed by atoms with Gasteiger partial charge in [-0.3, -0.25) is 4.79 Å². The zero-order valence-corrected chi connectivity index (χ0v) is 20.1. The summed E-state index contributed by atoms with van der Waals surface area (Å²) in [5.41, 5.74) is 0.787. The molecule has 2 heterocycles. The van der Waals surface area contributed by atoms with Gasteiger partial charge in [0.25, 0.3) is 0 Å². The fourth-order valence-corrected chi connectivity index (χ4v) is 6.14. The fraction of sp³-hybridized carbons (Fsp3) is 0.364. The van der Waals surface area contributed by atoms with Crippen LogP contribution in [0.1, 0.15) is 12.8 Å². The Balaban J connectivity index is 1.26. The Labute approximate surface area is 195 Å². The summed E-state index contributed by atoms with van der Waals surface area (Å²) in [4.78, 5) is 22.5. The molecule has 3 aromatic rings. The van der Waals surface area contributed by atoms with Gasteiger partial charge in [-0.15, -0.1) is 11.8 Å². The van der Waals surface area contributed by atoms with Crippen molar-refractivity contribution in [1.29, 1.82) is 0 Å². The van der Waals surface area contributed by atoms with Crippen LogP contribution in [0, 0.1) is 5.82 Å². The summed E-state index contributed by atoms with van der Waals surface area (Å²) in [5, 5.41) is 0.855. The van der Waals surface area contributed by atoms with Gasteiger partial charge < -0.3 is 9.80 Å². The van der Waals surface area contributed by atoms with E-state index < -0.39 is 9.84 Å². The topological polar surface area (TPSA) is 70.6 Å². The van der Waals surface area contributed by atoms with Gasteiger partial charge in [0.1, 0.15) is 5.82 Å². The summed E-state index contributed by atoms with van der Waals surface area (Å²) < 4.78 is 37.4. The molecule has 0 radical (unpaired) electrons. The first-order valence-corrected chi connectivity index (χ1v) is 14.0. The first-order valence-electron chi connectivity index (χ1n) is 10.3. The highest BCUT2D eigenvalue weighted by atomic mass is 32.2. The number of halogens is 1. The molecule has 4 rings (SSSR count). The van der Waals surface area contributed by atoms with Gasteiger partial charge in [-0.1, -0.05) is 11.3 Å². The second kappa shape index (κ2) is 9.76. The number of thiazole rings is 1. The highest BCUT2D eigenvalue weighted by Gasteiger charge is 2.23. The van der Waals surface area contributed by atoms with E-state index in [1.54, 1.807) is 42.1 Å². The number of rotatable bonds is 7. The number of nitrogens with zero attached hydrogens (tertiary/aromatic N) is 3. The molecular weight excluding hydrogens is 469 g/mol. The molecule has 1 aromatic heterocycles. The van der Waals surface area contributed by atoms with Crippen molar-refractivity contribution in [2.75, 3.05) is 43.1 Å². The fourth-order valence-electron chi connectivity index (χ4n) is 3.51. The first-order chi connectivity index (χ1) is 15.3. The first kappa shape index (κ1) is 23.0. The Kier molecular flexibility index (Phi) is 7.02. The minimum absolute atomic E-state index is 0.159. The Bertz CT molecular complexity index is 1200. The normalized spacial score (nSPS) is 14.8. The number of thioether (sulfide) groups is 1. The lowest BCUT2D eigenvalue weighted by molar-refractivity contribution is -0.131. The smallest absolute Gasteiger partial charge is 0.222 e. The SMILES string of the molecule is CS(=O)(=O)c1ccc2nc(N3CCN(C(=O)CCCSc4ccc(F)cc4)CC3)sc2c1. The second-order valence-corrected chi connectivity index (χ2v) is 11.9. The number of hydrogen-bond acceptors (Lipinski definition) is 7. The van der Waals surface area contributed by atoms with E-state index in [1.165, 1.54) is 29.7 Å². The van der Waals surface area contributed by atoms with Crippen molar-refractivity contribution in [2.45, 2.75) is 22.6 Å². The third kappa shape index (κ3) is 5.60. The van der Waals surface area contributed by atoms with E-state index in [1.807, 2.05) is 4.90 Å². The molecule has 0 atom stereocenters. The Morgan fingerprint density at radius 1 is 1.12 bits per heavy atom. The molecule has 1 fully saturated rings. The maximum Gasteiger partial charge on any atom is 0.222 e. The largest absolute Gasteiger partial charge is 0.345 e. The number of hydrogen-bond donors (Lipinski definition) is 0. The van der Waals surface area contributed by atoms with Crippen LogP contribution in [0.5, 0.6) is 0 Å². The van der Waals surface area contributed by atoms with E-state index >= 15 is 0 Å². The number of aromatic nitrogens is 1. The molecule has 1 amide bonds. The molecule has 32 heavy (non-hydrogen) atoms. The van der Waals surface area contributed by atoms with E-state index in [4.69, 9.17) is 0 Å². The predicted molar refractivity (Wildman–Crippen MR) is 128 cm³/mol. The van der Waals surface area contributed by atoms with Crippen molar-refractivity contribution in [3.05, 3.63) is 48.3 Å². The van der Waals surface area contributed by atoms with Gasteiger partial charge in [-0.05, 0) is 54.6 Å². The van der Waals surface area contributed by atoms with Crippen LogP contribution in [-0.2, 0) is 14.6 Å². The molecular formula is C22H24FN3O3S3. The average molecular weight is 494 g/mol. The molecule has 1 aliphatic heterocycles. The Morgan fingerprint density at radius 3 is 2.53 bits per heavy atom. The number of piperazine rings is 1. The van der Waals surface area contributed by atoms with Gasteiger partial charge >= 0.3 is 0 Å². The van der Waals surface area contributed by atoms with E-state index in [0.717, 1.165) is 32.4 Å². The quantitative estimate of drug-likeness (QED) is 0.365. The minimum Gasteiger partial charge on any atom is -0.345 e. The highest BCUT2D eigenvalue weighted by molar-refractivity contribution is 7.99. The van der Waals surface area contributed by atoms with Gasteiger partial charge in [0.05, 0.1) is 15.1 Å². The molecule has 0 unspecified atom stereocenters. The van der Waals surface area contributed by atoms with Gasteiger partial charge in [-0.2, -0.15) is 0 Å². The highest BCUT2D eigenvalue weighted by Crippen LogP contribution is 2.31. The van der Waals surface area contributed by atoms with Crippen molar-refractivity contribution < 1.29 is 17.6 Å². The number of anilines is 1. The lowest BCUT2D eigenvalue weighted by Gasteiger charge is -2.34. The molecule has 1 saturated heterocycles. The molecule has 170 valence electrons. The van der Waals surface area contributed by atoms with Crippen LogP contribution in [0.4, 0.5) is 9.52 Å². The van der Waals surface area contributed by atoms with E-state index in [2.05, 4.69) is 9.88 Å². The number of carbonyl (C=O) groups is 1. The van der Waals surface area contributed by atoms with Crippen molar-refractivity contribution >= 4 is 54.2 Å². The maximum absolute atomic E-state index is 12.9. The maximum atomic E-state index is 12.9. The number of carbonyl (C=O) groups excluding carboxylic acids is 1. The molecule has 0 N–H and O–H groups in total. The van der Waals surface area contributed by atoms with E-state index in [9.17, 15) is 17.6 Å². The average Bonchev–Trinajstić information content (AvgIpc) is 3.21. The van der Waals surface area contributed by atoms with Gasteiger partial charge in [0.2, 0.25) is 5.91 Å². The molecule has 10 heteroatoms. The summed E-state index contributed by atoms with van der Waals surface area (Å²) in [5.74, 6) is 0.734. The van der Waals surface area contributed by atoms with Crippen LogP contribution in [-0.4, -0.2) is 62.4 Å². The van der Waals surface area contributed by atoms with Crippen LogP contribution in [0.3, 0.4) is 0 Å². The van der Waals surface area contributed by atoms with Crippen LogP contribution in [0.15, 0.2) is 52.3 Å². The van der Waals surface area contributed by atoms with Crippen LogP contribution in [0.25, 0.3) is 10.2 Å². The number of benzene rings is 2. The van der Waals surface area contributed by atoms with Gasteiger partial charge in [0.15, 0.2) is 15.0 Å². The van der Waals surface area contributed by atoms with Crippen LogP contribution < -0.4 is 4.90 Å².